The van der Waals surface area contributed by atoms with Crippen molar-refractivity contribution < 1.29 is 24.0 Å². The van der Waals surface area contributed by atoms with E-state index in [1.807, 2.05) is 6.92 Å². The molecule has 0 heterocycles. The summed E-state index contributed by atoms with van der Waals surface area (Å²) in [5, 5.41) is 10.4. The van der Waals surface area contributed by atoms with Gasteiger partial charge in [-0.25, -0.2) is 0 Å². The summed E-state index contributed by atoms with van der Waals surface area (Å²) in [6.07, 6.45) is 0.184. The lowest BCUT2D eigenvalue weighted by Crippen LogP contribution is -2.18. The van der Waals surface area contributed by atoms with Gasteiger partial charge in [0.25, 0.3) is 0 Å². The third-order valence-electron chi connectivity index (χ3n) is 3.16. The molecule has 0 saturated heterocycles. The highest BCUT2D eigenvalue weighted by Crippen LogP contribution is 2.34. The highest BCUT2D eigenvalue weighted by molar-refractivity contribution is 5.98. The Morgan fingerprint density at radius 3 is 2.52 bits per heavy atom. The first-order valence-corrected chi connectivity index (χ1v) is 6.59. The van der Waals surface area contributed by atoms with Gasteiger partial charge < -0.3 is 9.47 Å². The summed E-state index contributed by atoms with van der Waals surface area (Å²) < 4.78 is 10.1. The van der Waals surface area contributed by atoms with Crippen molar-refractivity contribution in [3.63, 3.8) is 0 Å². The Labute approximate surface area is 121 Å². The molecule has 1 aliphatic carbocycles. The van der Waals surface area contributed by atoms with Gasteiger partial charge in [-0.15, -0.1) is 0 Å². The lowest BCUT2D eigenvalue weighted by molar-refractivity contribution is -0.497. The molecule has 2 atom stereocenters. The number of carbonyl (C=O) groups is 2. The largest absolute Gasteiger partial charge is 0.494 e. The highest BCUT2D eigenvalue weighted by atomic mass is 16.6. The third kappa shape index (κ3) is 3.77. The van der Waals surface area contributed by atoms with Crippen LogP contribution in [0.3, 0.4) is 0 Å². The number of ketones is 1. The number of nitro groups is 1. The van der Waals surface area contributed by atoms with Crippen molar-refractivity contribution in [2.75, 3.05) is 13.2 Å². The van der Waals surface area contributed by atoms with E-state index >= 15 is 0 Å². The molecule has 0 amide bonds. The molecule has 0 spiro atoms. The molecule has 0 aromatic heterocycles. The minimum atomic E-state index is -0.863. The summed E-state index contributed by atoms with van der Waals surface area (Å²) in [4.78, 5) is 33.3. The van der Waals surface area contributed by atoms with Crippen LogP contribution < -0.4 is 4.74 Å². The monoisotopic (exact) mass is 293 g/mol. The Morgan fingerprint density at radius 1 is 1.33 bits per heavy atom. The van der Waals surface area contributed by atoms with Gasteiger partial charge in [0.15, 0.2) is 12.4 Å². The van der Waals surface area contributed by atoms with E-state index in [1.165, 1.54) is 0 Å². The molecule has 7 nitrogen and oxygen atoms in total. The zero-order chi connectivity index (χ0) is 15.4. The summed E-state index contributed by atoms with van der Waals surface area (Å²) >= 11 is 0. The molecule has 2 rings (SSSR count). The minimum absolute atomic E-state index is 0.184. The Hall–Kier alpha value is -2.44. The predicted molar refractivity (Wildman–Crippen MR) is 71.8 cm³/mol. The molecule has 0 aliphatic heterocycles. The zero-order valence-electron chi connectivity index (χ0n) is 11.5. The maximum atomic E-state index is 11.8. The lowest BCUT2D eigenvalue weighted by atomic mass is 10.1. The molecule has 2 unspecified atom stereocenters. The first kappa shape index (κ1) is 15.0. The van der Waals surface area contributed by atoms with Crippen LogP contribution in [0.5, 0.6) is 5.75 Å². The zero-order valence-corrected chi connectivity index (χ0v) is 11.5. The third-order valence-corrected chi connectivity index (χ3v) is 3.16. The van der Waals surface area contributed by atoms with E-state index in [-0.39, 0.29) is 12.2 Å². The lowest BCUT2D eigenvalue weighted by Gasteiger charge is -2.05. The SMILES string of the molecule is CCOc1ccc(C(=O)COC(=O)C2CC2[N+](=O)[O-])cc1. The van der Waals surface area contributed by atoms with E-state index < -0.39 is 29.5 Å². The number of esters is 1. The van der Waals surface area contributed by atoms with Gasteiger partial charge in [-0.1, -0.05) is 0 Å². The van der Waals surface area contributed by atoms with E-state index in [1.54, 1.807) is 24.3 Å². The van der Waals surface area contributed by atoms with Crippen LogP contribution in [0, 0.1) is 16.0 Å². The van der Waals surface area contributed by atoms with Gasteiger partial charge in [-0.3, -0.25) is 19.7 Å². The summed E-state index contributed by atoms with van der Waals surface area (Å²) in [5.74, 6) is -1.10. The summed E-state index contributed by atoms with van der Waals surface area (Å²) in [6.45, 7) is 1.98. The van der Waals surface area contributed by atoms with Crippen LogP contribution in [0.25, 0.3) is 0 Å². The topological polar surface area (TPSA) is 95.7 Å². The summed E-state index contributed by atoms with van der Waals surface area (Å²) in [6, 6.07) is 5.61. The van der Waals surface area contributed by atoms with E-state index in [4.69, 9.17) is 9.47 Å². The second-order valence-corrected chi connectivity index (χ2v) is 4.68. The van der Waals surface area contributed by atoms with Gasteiger partial charge in [-0.2, -0.15) is 0 Å². The van der Waals surface area contributed by atoms with E-state index in [0.29, 0.717) is 17.9 Å². The van der Waals surface area contributed by atoms with Gasteiger partial charge >= 0.3 is 5.97 Å². The van der Waals surface area contributed by atoms with Gasteiger partial charge in [0, 0.05) is 16.9 Å². The van der Waals surface area contributed by atoms with Crippen molar-refractivity contribution in [1.29, 1.82) is 0 Å². The van der Waals surface area contributed by atoms with Crippen molar-refractivity contribution >= 4 is 11.8 Å². The highest BCUT2D eigenvalue weighted by Gasteiger charge is 2.54. The maximum absolute atomic E-state index is 11.8. The van der Waals surface area contributed by atoms with Crippen molar-refractivity contribution in [2.45, 2.75) is 19.4 Å². The van der Waals surface area contributed by atoms with Crippen LogP contribution in [0.1, 0.15) is 23.7 Å². The van der Waals surface area contributed by atoms with Crippen LogP contribution in [-0.4, -0.2) is 35.9 Å². The second kappa shape index (κ2) is 6.34. The number of carbonyl (C=O) groups excluding carboxylic acids is 2. The number of nitrogens with zero attached hydrogens (tertiary/aromatic N) is 1. The van der Waals surface area contributed by atoms with Crippen LogP contribution in [-0.2, 0) is 9.53 Å². The molecule has 1 aliphatic rings. The molecule has 0 N–H and O–H groups in total. The first-order chi connectivity index (χ1) is 10.0. The Bertz CT molecular complexity index is 553. The normalized spacial score (nSPS) is 19.7. The smallest absolute Gasteiger partial charge is 0.316 e. The standard InChI is InChI=1S/C14H15NO6/c1-2-20-10-5-3-9(4-6-10)13(16)8-21-14(17)11-7-12(11)15(18)19/h3-6,11-12H,2,7-8H2,1H3. The van der Waals surface area contributed by atoms with Crippen LogP contribution in [0.2, 0.25) is 0 Å². The number of hydrogen-bond acceptors (Lipinski definition) is 6. The van der Waals surface area contributed by atoms with Crippen molar-refractivity contribution in [3.8, 4) is 5.75 Å². The molecule has 1 saturated carbocycles. The van der Waals surface area contributed by atoms with E-state index in [2.05, 4.69) is 0 Å². The number of Topliss-reactive ketones (excluding diaryl/α,β-unsaturated/α-hetero) is 1. The quantitative estimate of drug-likeness (QED) is 0.327. The fourth-order valence-corrected chi connectivity index (χ4v) is 1.90. The second-order valence-electron chi connectivity index (χ2n) is 4.68. The first-order valence-electron chi connectivity index (χ1n) is 6.59. The molecule has 7 heteroatoms. The number of ether oxygens (including phenoxy) is 2. The number of hydrogen-bond donors (Lipinski definition) is 0. The average Bonchev–Trinajstić information content (AvgIpc) is 3.26. The van der Waals surface area contributed by atoms with E-state index in [9.17, 15) is 19.7 Å². The molecule has 21 heavy (non-hydrogen) atoms. The Kier molecular flexibility index (Phi) is 4.52. The molecule has 1 aromatic carbocycles. The fourth-order valence-electron chi connectivity index (χ4n) is 1.90. The van der Waals surface area contributed by atoms with Crippen LogP contribution in [0.15, 0.2) is 24.3 Å². The molecule has 1 aromatic rings. The molecule has 112 valence electrons. The van der Waals surface area contributed by atoms with Crippen molar-refractivity contribution in [3.05, 3.63) is 39.9 Å². The summed E-state index contributed by atoms with van der Waals surface area (Å²) in [7, 11) is 0. The molecular weight excluding hydrogens is 278 g/mol. The van der Waals surface area contributed by atoms with Crippen LogP contribution in [0.4, 0.5) is 0 Å². The minimum Gasteiger partial charge on any atom is -0.494 e. The number of rotatable bonds is 7. The molecule has 1 fully saturated rings. The Balaban J connectivity index is 1.82. The predicted octanol–water partition coefficient (Wildman–Crippen LogP) is 1.48. The van der Waals surface area contributed by atoms with Gasteiger partial charge in [0.05, 0.1) is 6.61 Å². The van der Waals surface area contributed by atoms with Gasteiger partial charge in [0.2, 0.25) is 6.04 Å². The van der Waals surface area contributed by atoms with Crippen molar-refractivity contribution in [2.24, 2.45) is 5.92 Å². The average molecular weight is 293 g/mol. The Morgan fingerprint density at radius 2 is 2.00 bits per heavy atom. The summed E-state index contributed by atoms with van der Waals surface area (Å²) in [5.41, 5.74) is 0.396. The maximum Gasteiger partial charge on any atom is 0.316 e. The fraction of sp³-hybridized carbons (Fsp3) is 0.429. The molecule has 0 radical (unpaired) electrons. The van der Waals surface area contributed by atoms with Crippen molar-refractivity contribution in [1.82, 2.24) is 0 Å². The van der Waals surface area contributed by atoms with Gasteiger partial charge in [0.1, 0.15) is 11.7 Å². The number of benzene rings is 1. The van der Waals surface area contributed by atoms with E-state index in [0.717, 1.165) is 0 Å². The molecular formula is C14H15NO6. The molecule has 0 bridgehead atoms. The van der Waals surface area contributed by atoms with Gasteiger partial charge in [-0.05, 0) is 31.2 Å². The van der Waals surface area contributed by atoms with Crippen LogP contribution >= 0.6 is 0 Å².